The zero-order valence-corrected chi connectivity index (χ0v) is 12.2. The van der Waals surface area contributed by atoms with Gasteiger partial charge in [0.25, 0.3) is 0 Å². The van der Waals surface area contributed by atoms with Gasteiger partial charge in [-0.05, 0) is 56.4 Å². The standard InChI is InChI=1S/C15H25NO/c1-11-8-12(14(2,3)4)10-13(9-11)16(17)15(5,6)7/h8-10,17H,1-7H3/p+1. The molecule has 0 spiro atoms. The van der Waals surface area contributed by atoms with Crippen molar-refractivity contribution < 1.29 is 5.21 Å². The smallest absolute Gasteiger partial charge is 0.109 e. The summed E-state index contributed by atoms with van der Waals surface area (Å²) in [6.07, 6.45) is 0. The van der Waals surface area contributed by atoms with Crippen molar-refractivity contribution in [3.05, 3.63) is 29.3 Å². The van der Waals surface area contributed by atoms with Gasteiger partial charge in [0.2, 0.25) is 0 Å². The Labute approximate surface area is 105 Å². The number of anilines is 1. The minimum Gasteiger partial charge on any atom is -0.310 e. The average Bonchev–Trinajstić information content (AvgIpc) is 2.12. The van der Waals surface area contributed by atoms with E-state index in [1.807, 2.05) is 0 Å². The molecule has 1 aromatic carbocycles. The molecule has 0 aliphatic heterocycles. The Morgan fingerprint density at radius 3 is 1.88 bits per heavy atom. The molecular formula is C15H26NO+. The van der Waals surface area contributed by atoms with Crippen molar-refractivity contribution in [3.8, 4) is 0 Å². The van der Waals surface area contributed by atoms with E-state index in [-0.39, 0.29) is 11.0 Å². The highest BCUT2D eigenvalue weighted by molar-refractivity contribution is 5.51. The second-order valence-electron chi connectivity index (χ2n) is 6.81. The van der Waals surface area contributed by atoms with E-state index in [1.165, 1.54) is 11.1 Å². The molecule has 0 bridgehead atoms. The number of benzene rings is 1. The molecule has 0 amide bonds. The third-order valence-corrected chi connectivity index (χ3v) is 2.86. The molecule has 1 aromatic rings. The molecule has 17 heavy (non-hydrogen) atoms. The van der Waals surface area contributed by atoms with Crippen LogP contribution in [-0.4, -0.2) is 10.7 Å². The Bertz CT molecular complexity index is 396. The van der Waals surface area contributed by atoms with Crippen LogP contribution in [0.1, 0.15) is 52.7 Å². The average molecular weight is 236 g/mol. The summed E-state index contributed by atoms with van der Waals surface area (Å²) in [5, 5.41) is 9.79. The lowest BCUT2D eigenvalue weighted by Gasteiger charge is -2.28. The minimum absolute atomic E-state index is 0.124. The zero-order valence-electron chi connectivity index (χ0n) is 12.2. The van der Waals surface area contributed by atoms with Crippen LogP contribution in [-0.2, 0) is 5.41 Å². The predicted octanol–water partition coefficient (Wildman–Crippen LogP) is 3.54. The van der Waals surface area contributed by atoms with Gasteiger partial charge in [-0.25, -0.2) is 0 Å². The summed E-state index contributed by atoms with van der Waals surface area (Å²) in [4.78, 5) is 0. The first-order valence-electron chi connectivity index (χ1n) is 6.15. The van der Waals surface area contributed by atoms with E-state index >= 15 is 0 Å². The highest BCUT2D eigenvalue weighted by Crippen LogP contribution is 2.30. The number of hydrogen-bond acceptors (Lipinski definition) is 1. The molecule has 96 valence electrons. The van der Waals surface area contributed by atoms with E-state index in [9.17, 15) is 0 Å². The molecule has 0 saturated heterocycles. The first-order chi connectivity index (χ1) is 7.51. The van der Waals surface area contributed by atoms with Crippen LogP contribution in [0.5, 0.6) is 0 Å². The van der Waals surface area contributed by atoms with Crippen LogP contribution in [0, 0.1) is 6.92 Å². The van der Waals surface area contributed by atoms with E-state index in [4.69, 9.17) is 5.21 Å². The summed E-state index contributed by atoms with van der Waals surface area (Å²) in [6, 6.07) is 6.42. The molecule has 0 aliphatic rings. The second kappa shape index (κ2) is 4.34. The molecule has 0 aromatic heterocycles. The van der Waals surface area contributed by atoms with Gasteiger partial charge in [-0.1, -0.05) is 26.8 Å². The summed E-state index contributed by atoms with van der Waals surface area (Å²) >= 11 is 0. The van der Waals surface area contributed by atoms with Crippen molar-refractivity contribution in [2.24, 2.45) is 0 Å². The molecule has 2 heteroatoms. The number of aryl methyl sites for hydroxylation is 1. The Hall–Kier alpha value is -1.02. The van der Waals surface area contributed by atoms with Crippen molar-refractivity contribution in [1.29, 1.82) is 0 Å². The summed E-state index contributed by atoms with van der Waals surface area (Å²) < 4.78 is 0. The lowest BCUT2D eigenvalue weighted by atomic mass is 9.85. The fourth-order valence-corrected chi connectivity index (χ4v) is 1.71. The van der Waals surface area contributed by atoms with Crippen LogP contribution in [0.2, 0.25) is 0 Å². The normalized spacial score (nSPS) is 12.7. The maximum atomic E-state index is 8.20. The summed E-state index contributed by atoms with van der Waals surface area (Å²) in [5.41, 5.74) is 3.42. The monoisotopic (exact) mass is 236 g/mol. The molecule has 0 aliphatic carbocycles. The molecule has 0 heterocycles. The fraction of sp³-hybridized carbons (Fsp3) is 0.600. The van der Waals surface area contributed by atoms with Gasteiger partial charge in [0.05, 0.1) is 5.54 Å². The van der Waals surface area contributed by atoms with Gasteiger partial charge < -0.3 is 5.21 Å². The van der Waals surface area contributed by atoms with Gasteiger partial charge >= 0.3 is 0 Å². The first kappa shape index (κ1) is 14.0. The van der Waals surface area contributed by atoms with Crippen molar-refractivity contribution in [1.82, 2.24) is 0 Å². The maximum absolute atomic E-state index is 8.20. The Morgan fingerprint density at radius 1 is 0.941 bits per heavy atom. The van der Waals surface area contributed by atoms with Gasteiger partial charge in [-0.2, -0.15) is 0 Å². The maximum Gasteiger partial charge on any atom is 0.109 e. The predicted molar refractivity (Wildman–Crippen MR) is 75.7 cm³/mol. The van der Waals surface area contributed by atoms with Crippen LogP contribution < -0.4 is 5.06 Å². The topological polar surface area (TPSA) is 26.1 Å². The van der Waals surface area contributed by atoms with Crippen LogP contribution in [0.4, 0.5) is 5.69 Å². The van der Waals surface area contributed by atoms with Gasteiger partial charge in [-0.3, -0.25) is 0 Å². The molecule has 0 radical (unpaired) electrons. The molecule has 2 nitrogen and oxygen atoms in total. The van der Waals surface area contributed by atoms with Crippen LogP contribution in [0.25, 0.3) is 0 Å². The van der Waals surface area contributed by atoms with E-state index in [0.29, 0.717) is 0 Å². The Balaban J connectivity index is 3.24. The van der Waals surface area contributed by atoms with E-state index in [0.717, 1.165) is 5.69 Å². The van der Waals surface area contributed by atoms with Gasteiger partial charge in [0.15, 0.2) is 0 Å². The Kier molecular flexibility index (Phi) is 3.58. The molecule has 0 atom stereocenters. The number of hydroxylamine groups is 1. The van der Waals surface area contributed by atoms with E-state index < -0.39 is 0 Å². The fourth-order valence-electron chi connectivity index (χ4n) is 1.71. The first-order valence-corrected chi connectivity index (χ1v) is 6.15. The van der Waals surface area contributed by atoms with Crippen molar-refractivity contribution in [2.75, 3.05) is 5.06 Å². The summed E-state index contributed by atoms with van der Waals surface area (Å²) in [5.74, 6) is 0. The molecule has 2 N–H and O–H groups in total. The van der Waals surface area contributed by atoms with Crippen LogP contribution in [0.3, 0.4) is 0 Å². The lowest BCUT2D eigenvalue weighted by Crippen LogP contribution is -2.38. The highest BCUT2D eigenvalue weighted by Gasteiger charge is 2.25. The summed E-state index contributed by atoms with van der Waals surface area (Å²) in [7, 11) is 0. The SMILES string of the molecule is Cc1cc(N([OH2+])C(C)(C)C)cc(C(C)(C)C)c1. The lowest BCUT2D eigenvalue weighted by molar-refractivity contribution is 0.181. The number of rotatable bonds is 1. The number of nitrogens with zero attached hydrogens (tertiary/aromatic N) is 1. The van der Waals surface area contributed by atoms with Crippen molar-refractivity contribution >= 4 is 5.69 Å². The minimum atomic E-state index is -0.178. The molecule has 1 rings (SSSR count). The number of hydrogen-bond donors (Lipinski definition) is 0. The van der Waals surface area contributed by atoms with E-state index in [1.54, 1.807) is 5.06 Å². The highest BCUT2D eigenvalue weighted by atomic mass is 16.5. The molecule has 0 saturated carbocycles. The molecule has 0 unspecified atom stereocenters. The van der Waals surface area contributed by atoms with Crippen LogP contribution in [0.15, 0.2) is 18.2 Å². The quantitative estimate of drug-likeness (QED) is 0.541. The van der Waals surface area contributed by atoms with Gasteiger partial charge in [0.1, 0.15) is 5.69 Å². The van der Waals surface area contributed by atoms with Gasteiger partial charge in [-0.15, -0.1) is 5.06 Å². The Morgan fingerprint density at radius 2 is 1.47 bits per heavy atom. The zero-order chi connectivity index (χ0) is 13.4. The second-order valence-corrected chi connectivity index (χ2v) is 6.81. The molecular weight excluding hydrogens is 210 g/mol. The van der Waals surface area contributed by atoms with Gasteiger partial charge in [0, 0.05) is 0 Å². The van der Waals surface area contributed by atoms with Crippen LogP contribution >= 0.6 is 0 Å². The third kappa shape index (κ3) is 3.47. The summed E-state index contributed by atoms with van der Waals surface area (Å²) in [6.45, 7) is 14.9. The molecule has 0 fully saturated rings. The van der Waals surface area contributed by atoms with Crippen molar-refractivity contribution in [2.45, 2.75) is 59.4 Å². The largest absolute Gasteiger partial charge is 0.310 e. The van der Waals surface area contributed by atoms with Crippen molar-refractivity contribution in [3.63, 3.8) is 0 Å². The van der Waals surface area contributed by atoms with E-state index in [2.05, 4.69) is 66.7 Å². The third-order valence-electron chi connectivity index (χ3n) is 2.86.